The van der Waals surface area contributed by atoms with Crippen LogP contribution in [0.15, 0.2) is 28.0 Å². The number of nitrogens with zero attached hydrogens (tertiary/aromatic N) is 2. The molecule has 0 aliphatic heterocycles. The van der Waals surface area contributed by atoms with E-state index in [1.165, 1.54) is 0 Å². The van der Waals surface area contributed by atoms with Crippen molar-refractivity contribution in [3.8, 4) is 0 Å². The van der Waals surface area contributed by atoms with Crippen molar-refractivity contribution >= 4 is 15.9 Å². The first-order valence-corrected chi connectivity index (χ1v) is 3.52. The van der Waals surface area contributed by atoms with Crippen LogP contribution in [-0.2, 0) is 6.54 Å². The lowest BCUT2D eigenvalue weighted by Crippen LogP contribution is -1.84. The first kappa shape index (κ1) is 7.34. The largest absolute Gasteiger partial charge is 0.258 e. The summed E-state index contributed by atoms with van der Waals surface area (Å²) in [4.78, 5) is 13.7. The van der Waals surface area contributed by atoms with Gasteiger partial charge in [0.2, 0.25) is 0 Å². The van der Waals surface area contributed by atoms with Crippen LogP contribution in [0.25, 0.3) is 0 Å². The lowest BCUT2D eigenvalue weighted by atomic mass is 10.4. The molecule has 0 bridgehead atoms. The van der Waals surface area contributed by atoms with Crippen LogP contribution in [0.2, 0.25) is 0 Å². The third-order valence-electron chi connectivity index (χ3n) is 1.02. The second kappa shape index (κ2) is 3.41. The Hall–Kier alpha value is -0.770. The van der Waals surface area contributed by atoms with Crippen molar-refractivity contribution in [2.75, 3.05) is 0 Å². The van der Waals surface area contributed by atoms with Gasteiger partial charge in [0.05, 0.1) is 5.69 Å². The maximum absolute atomic E-state index is 9.76. The summed E-state index contributed by atoms with van der Waals surface area (Å²) in [6.07, 6.45) is 1.64. The summed E-state index contributed by atoms with van der Waals surface area (Å²) in [5, 5.41) is 2.71. The number of hydrogen-bond acceptors (Lipinski definition) is 3. The fraction of sp³-hybridized carbons (Fsp3) is 0.167. The van der Waals surface area contributed by atoms with Gasteiger partial charge in [-0.05, 0) is 28.1 Å². The average molecular weight is 201 g/mol. The summed E-state index contributed by atoms with van der Waals surface area (Å²) in [6, 6.07) is 3.58. The topological polar surface area (TPSA) is 42.3 Å². The molecule has 0 saturated heterocycles. The van der Waals surface area contributed by atoms with Gasteiger partial charge in [0, 0.05) is 10.7 Å². The minimum Gasteiger partial charge on any atom is -0.258 e. The van der Waals surface area contributed by atoms with E-state index < -0.39 is 0 Å². The highest BCUT2D eigenvalue weighted by Gasteiger charge is 1.91. The van der Waals surface area contributed by atoms with Crippen LogP contribution < -0.4 is 0 Å². The molecule has 0 unspecified atom stereocenters. The molecule has 0 aliphatic rings. The van der Waals surface area contributed by atoms with E-state index in [1.54, 1.807) is 12.3 Å². The average Bonchev–Trinajstić information content (AvgIpc) is 1.95. The van der Waals surface area contributed by atoms with Gasteiger partial charge in [-0.2, -0.15) is 4.91 Å². The first-order chi connectivity index (χ1) is 4.83. The molecule has 0 atom stereocenters. The predicted octanol–water partition coefficient (Wildman–Crippen LogP) is 2.11. The molecule has 0 aliphatic carbocycles. The van der Waals surface area contributed by atoms with Gasteiger partial charge in [-0.25, -0.2) is 0 Å². The minimum absolute atomic E-state index is 0.146. The highest BCUT2D eigenvalue weighted by Crippen LogP contribution is 2.07. The molecule has 10 heavy (non-hydrogen) atoms. The standard InChI is InChI=1S/C6H5BrN2O/c7-5-1-2-6(4-9-10)8-3-5/h1-3H,4H2. The number of hydrogen-bond donors (Lipinski definition) is 0. The summed E-state index contributed by atoms with van der Waals surface area (Å²) < 4.78 is 0.905. The molecule has 3 nitrogen and oxygen atoms in total. The van der Waals surface area contributed by atoms with Crippen molar-refractivity contribution in [3.63, 3.8) is 0 Å². The van der Waals surface area contributed by atoms with Crippen molar-refractivity contribution in [1.29, 1.82) is 0 Å². The van der Waals surface area contributed by atoms with E-state index in [0.29, 0.717) is 5.69 Å². The second-order valence-corrected chi connectivity index (χ2v) is 2.67. The Morgan fingerprint density at radius 3 is 2.90 bits per heavy atom. The van der Waals surface area contributed by atoms with Crippen molar-refractivity contribution in [1.82, 2.24) is 4.98 Å². The quantitative estimate of drug-likeness (QED) is 0.687. The van der Waals surface area contributed by atoms with Crippen LogP contribution in [-0.4, -0.2) is 4.98 Å². The fourth-order valence-electron chi connectivity index (χ4n) is 0.566. The van der Waals surface area contributed by atoms with Gasteiger partial charge in [0.15, 0.2) is 0 Å². The molecule has 0 N–H and O–H groups in total. The molecule has 0 radical (unpaired) electrons. The number of rotatable bonds is 2. The normalized spacial score (nSPS) is 9.30. The molecule has 0 aromatic carbocycles. The molecule has 52 valence electrons. The van der Waals surface area contributed by atoms with Gasteiger partial charge in [-0.15, -0.1) is 0 Å². The second-order valence-electron chi connectivity index (χ2n) is 1.75. The number of pyridine rings is 1. The third kappa shape index (κ3) is 1.88. The monoisotopic (exact) mass is 200 g/mol. The van der Waals surface area contributed by atoms with E-state index in [2.05, 4.69) is 26.1 Å². The molecule has 0 fully saturated rings. The Balaban J connectivity index is 2.78. The van der Waals surface area contributed by atoms with Gasteiger partial charge in [-0.1, -0.05) is 5.18 Å². The molecule has 1 rings (SSSR count). The van der Waals surface area contributed by atoms with E-state index in [9.17, 15) is 4.91 Å². The van der Waals surface area contributed by atoms with Gasteiger partial charge in [0.25, 0.3) is 0 Å². The molecule has 0 saturated carbocycles. The van der Waals surface area contributed by atoms with E-state index in [-0.39, 0.29) is 6.54 Å². The highest BCUT2D eigenvalue weighted by atomic mass is 79.9. The summed E-state index contributed by atoms with van der Waals surface area (Å²) in [5.41, 5.74) is 0.693. The van der Waals surface area contributed by atoms with Crippen molar-refractivity contribution in [2.45, 2.75) is 6.54 Å². The highest BCUT2D eigenvalue weighted by molar-refractivity contribution is 9.10. The molecule has 0 amide bonds. The smallest absolute Gasteiger partial charge is 0.123 e. The maximum atomic E-state index is 9.76. The zero-order chi connectivity index (χ0) is 7.40. The lowest BCUT2D eigenvalue weighted by Gasteiger charge is -1.91. The van der Waals surface area contributed by atoms with E-state index in [1.807, 2.05) is 6.07 Å². The zero-order valence-electron chi connectivity index (χ0n) is 5.12. The molecule has 1 aromatic rings. The summed E-state index contributed by atoms with van der Waals surface area (Å²) in [5.74, 6) is 0. The molecule has 4 heteroatoms. The van der Waals surface area contributed by atoms with Gasteiger partial charge in [-0.3, -0.25) is 4.98 Å². The zero-order valence-corrected chi connectivity index (χ0v) is 6.71. The number of aromatic nitrogens is 1. The third-order valence-corrected chi connectivity index (χ3v) is 1.48. The van der Waals surface area contributed by atoms with E-state index in [4.69, 9.17) is 0 Å². The van der Waals surface area contributed by atoms with Gasteiger partial charge < -0.3 is 0 Å². The van der Waals surface area contributed by atoms with E-state index >= 15 is 0 Å². The van der Waals surface area contributed by atoms with Crippen LogP contribution in [0.4, 0.5) is 0 Å². The Labute approximate surface area is 66.6 Å². The van der Waals surface area contributed by atoms with Gasteiger partial charge >= 0.3 is 0 Å². The maximum Gasteiger partial charge on any atom is 0.123 e. The van der Waals surface area contributed by atoms with E-state index in [0.717, 1.165) is 4.47 Å². The van der Waals surface area contributed by atoms with Crippen molar-refractivity contribution in [3.05, 3.63) is 33.4 Å². The fourth-order valence-corrected chi connectivity index (χ4v) is 0.801. The lowest BCUT2D eigenvalue weighted by molar-refractivity contribution is 0.978. The molecule has 0 spiro atoms. The Bertz CT molecular complexity index is 222. The first-order valence-electron chi connectivity index (χ1n) is 2.72. The number of nitroso groups, excluding NO2 is 1. The summed E-state index contributed by atoms with van der Waals surface area (Å²) >= 11 is 3.23. The molecule has 1 heterocycles. The molecule has 1 aromatic heterocycles. The minimum atomic E-state index is 0.146. The number of halogens is 1. The molecular weight excluding hydrogens is 196 g/mol. The molecular formula is C6H5BrN2O. The summed E-state index contributed by atoms with van der Waals surface area (Å²) in [6.45, 7) is 0.146. The van der Waals surface area contributed by atoms with Crippen LogP contribution in [0.1, 0.15) is 5.69 Å². The SMILES string of the molecule is O=NCc1ccc(Br)cn1. The van der Waals surface area contributed by atoms with Crippen LogP contribution >= 0.6 is 15.9 Å². The predicted molar refractivity (Wildman–Crippen MR) is 41.4 cm³/mol. The van der Waals surface area contributed by atoms with Crippen LogP contribution in [0.5, 0.6) is 0 Å². The van der Waals surface area contributed by atoms with Crippen LogP contribution in [0, 0.1) is 4.91 Å². The van der Waals surface area contributed by atoms with Crippen molar-refractivity contribution < 1.29 is 0 Å². The Morgan fingerprint density at radius 2 is 2.40 bits per heavy atom. The Morgan fingerprint density at radius 1 is 1.60 bits per heavy atom. The Kier molecular flexibility index (Phi) is 2.50. The summed E-state index contributed by atoms with van der Waals surface area (Å²) in [7, 11) is 0. The van der Waals surface area contributed by atoms with Gasteiger partial charge in [0.1, 0.15) is 6.54 Å². The van der Waals surface area contributed by atoms with Crippen LogP contribution in [0.3, 0.4) is 0 Å². The van der Waals surface area contributed by atoms with Crippen molar-refractivity contribution in [2.24, 2.45) is 5.18 Å².